The highest BCUT2D eigenvalue weighted by Crippen LogP contribution is 2.46. The molecule has 1 aliphatic heterocycles. The minimum Gasteiger partial charge on any atom is -0.503 e. The Morgan fingerprint density at radius 2 is 1.86 bits per heavy atom. The van der Waals surface area contributed by atoms with Gasteiger partial charge in [-0.1, -0.05) is 29.3 Å². The van der Waals surface area contributed by atoms with E-state index in [-0.39, 0.29) is 28.2 Å². The number of nitrogens with zero attached hydrogens (tertiary/aromatic N) is 2. The molecule has 5 nitrogen and oxygen atoms in total. The molecule has 0 unspecified atom stereocenters. The van der Waals surface area contributed by atoms with Crippen molar-refractivity contribution in [3.63, 3.8) is 0 Å². The predicted molar refractivity (Wildman–Crippen MR) is 102 cm³/mol. The van der Waals surface area contributed by atoms with Crippen LogP contribution in [0.3, 0.4) is 0 Å². The molecular formula is C19H16Cl2F2N2O3. The maximum atomic E-state index is 13.2. The third kappa shape index (κ3) is 3.91. The van der Waals surface area contributed by atoms with Crippen molar-refractivity contribution < 1.29 is 23.8 Å². The molecule has 2 heterocycles. The molecule has 0 fully saturated rings. The molecule has 2 aromatic rings. The van der Waals surface area contributed by atoms with E-state index in [1.807, 2.05) is 0 Å². The van der Waals surface area contributed by atoms with Crippen LogP contribution in [-0.4, -0.2) is 32.5 Å². The van der Waals surface area contributed by atoms with Crippen molar-refractivity contribution >= 4 is 35.2 Å². The molecule has 0 aliphatic carbocycles. The second-order valence-corrected chi connectivity index (χ2v) is 7.25. The first kappa shape index (κ1) is 20.4. The molecule has 3 rings (SSSR count). The van der Waals surface area contributed by atoms with Crippen molar-refractivity contribution in [2.75, 3.05) is 6.54 Å². The lowest BCUT2D eigenvalue weighted by Gasteiger charge is -2.30. The van der Waals surface area contributed by atoms with Crippen LogP contribution < -0.4 is 0 Å². The second-order valence-electron chi connectivity index (χ2n) is 6.49. The molecule has 0 atom stereocenters. The Balaban J connectivity index is 1.76. The summed E-state index contributed by atoms with van der Waals surface area (Å²) in [5.41, 5.74) is 1.22. The maximum absolute atomic E-state index is 13.2. The van der Waals surface area contributed by atoms with Crippen LogP contribution in [0.15, 0.2) is 24.4 Å². The fourth-order valence-corrected chi connectivity index (χ4v) is 3.49. The molecule has 148 valence electrons. The number of aromatic nitrogens is 1. The van der Waals surface area contributed by atoms with E-state index >= 15 is 0 Å². The largest absolute Gasteiger partial charge is 0.503 e. The van der Waals surface area contributed by atoms with Gasteiger partial charge in [0.25, 0.3) is 5.92 Å². The summed E-state index contributed by atoms with van der Waals surface area (Å²) in [4.78, 5) is 17.7. The van der Waals surface area contributed by atoms with Crippen molar-refractivity contribution in [2.24, 2.45) is 0 Å². The monoisotopic (exact) mass is 428 g/mol. The van der Waals surface area contributed by atoms with Gasteiger partial charge in [0.05, 0.1) is 10.0 Å². The number of amides is 1. The summed E-state index contributed by atoms with van der Waals surface area (Å²) in [5, 5.41) is 19.6. The van der Waals surface area contributed by atoms with E-state index in [9.17, 15) is 23.8 Å². The van der Waals surface area contributed by atoms with Gasteiger partial charge < -0.3 is 15.1 Å². The van der Waals surface area contributed by atoms with Gasteiger partial charge in [0.1, 0.15) is 5.69 Å². The third-order valence-corrected chi connectivity index (χ3v) is 5.30. The van der Waals surface area contributed by atoms with E-state index in [4.69, 9.17) is 23.2 Å². The molecule has 1 amide bonds. The number of halogens is 4. The SMILES string of the molecule is CC(F)(F)c1ccc(/C=C/C(=O)N2CCc3c(Cl)c(O)c(O)c(Cl)c3C2)cn1. The molecule has 0 saturated heterocycles. The smallest absolute Gasteiger partial charge is 0.286 e. The van der Waals surface area contributed by atoms with Gasteiger partial charge in [0.15, 0.2) is 11.5 Å². The zero-order valence-electron chi connectivity index (χ0n) is 14.7. The van der Waals surface area contributed by atoms with Crippen LogP contribution in [0.5, 0.6) is 11.5 Å². The number of benzene rings is 1. The standard InChI is InChI=1S/C19H16Cl2F2N2O3/c1-19(22,23)13-4-2-10(8-24-13)3-5-14(26)25-7-6-11-12(9-25)16(21)18(28)17(27)15(11)20/h2-5,8,27-28H,6-7,9H2,1H3/b5-3+. The number of aromatic hydroxyl groups is 2. The minimum atomic E-state index is -3.03. The molecule has 0 bridgehead atoms. The molecule has 28 heavy (non-hydrogen) atoms. The van der Waals surface area contributed by atoms with E-state index in [1.165, 1.54) is 35.4 Å². The molecule has 0 saturated carbocycles. The van der Waals surface area contributed by atoms with E-state index < -0.39 is 17.4 Å². The number of carbonyl (C=O) groups excluding carboxylic acids is 1. The average Bonchev–Trinajstić information content (AvgIpc) is 2.68. The summed E-state index contributed by atoms with van der Waals surface area (Å²) < 4.78 is 26.4. The summed E-state index contributed by atoms with van der Waals surface area (Å²) in [7, 11) is 0. The number of phenolic OH excluding ortho intramolecular Hbond substituents is 2. The van der Waals surface area contributed by atoms with Gasteiger partial charge in [-0.05, 0) is 35.3 Å². The van der Waals surface area contributed by atoms with Gasteiger partial charge in [0.2, 0.25) is 5.91 Å². The van der Waals surface area contributed by atoms with Gasteiger partial charge in [0, 0.05) is 32.3 Å². The van der Waals surface area contributed by atoms with Crippen LogP contribution in [0.4, 0.5) is 8.78 Å². The number of fused-ring (bicyclic) bond motifs is 1. The number of hydrogen-bond donors (Lipinski definition) is 2. The quantitative estimate of drug-likeness (QED) is 0.557. The average molecular weight is 429 g/mol. The van der Waals surface area contributed by atoms with Crippen molar-refractivity contribution in [3.8, 4) is 11.5 Å². The van der Waals surface area contributed by atoms with Crippen LogP contribution >= 0.6 is 23.2 Å². The number of alkyl halides is 2. The van der Waals surface area contributed by atoms with Gasteiger partial charge in [-0.15, -0.1) is 0 Å². The highest BCUT2D eigenvalue weighted by Gasteiger charge is 2.28. The summed E-state index contributed by atoms with van der Waals surface area (Å²) in [6.45, 7) is 1.22. The Bertz CT molecular complexity index is 957. The molecule has 1 aromatic carbocycles. The predicted octanol–water partition coefficient (Wildman–Crippen LogP) is 4.51. The number of carbonyl (C=O) groups is 1. The molecule has 9 heteroatoms. The van der Waals surface area contributed by atoms with Crippen molar-refractivity contribution in [3.05, 3.63) is 56.8 Å². The first-order chi connectivity index (χ1) is 13.1. The molecular weight excluding hydrogens is 413 g/mol. The van der Waals surface area contributed by atoms with Crippen LogP contribution in [-0.2, 0) is 23.7 Å². The van der Waals surface area contributed by atoms with Gasteiger partial charge in [-0.3, -0.25) is 9.78 Å². The topological polar surface area (TPSA) is 73.7 Å². The lowest BCUT2D eigenvalue weighted by Crippen LogP contribution is -2.35. The Kier molecular flexibility index (Phi) is 5.50. The summed E-state index contributed by atoms with van der Waals surface area (Å²) in [6, 6.07) is 2.66. The highest BCUT2D eigenvalue weighted by atomic mass is 35.5. The number of rotatable bonds is 3. The zero-order chi connectivity index (χ0) is 20.6. The van der Waals surface area contributed by atoms with Crippen LogP contribution in [0, 0.1) is 0 Å². The van der Waals surface area contributed by atoms with E-state index in [0.717, 1.165) is 6.92 Å². The van der Waals surface area contributed by atoms with Crippen LogP contribution in [0.25, 0.3) is 6.08 Å². The maximum Gasteiger partial charge on any atom is 0.286 e. The zero-order valence-corrected chi connectivity index (χ0v) is 16.2. The number of pyridine rings is 1. The number of hydrogen-bond acceptors (Lipinski definition) is 4. The molecule has 1 aromatic heterocycles. The molecule has 0 spiro atoms. The van der Waals surface area contributed by atoms with Crippen LogP contribution in [0.2, 0.25) is 10.0 Å². The van der Waals surface area contributed by atoms with E-state index in [1.54, 1.807) is 0 Å². The Morgan fingerprint density at radius 1 is 1.21 bits per heavy atom. The molecule has 1 aliphatic rings. The molecule has 0 radical (unpaired) electrons. The fourth-order valence-electron chi connectivity index (χ4n) is 2.93. The highest BCUT2D eigenvalue weighted by molar-refractivity contribution is 6.36. The van der Waals surface area contributed by atoms with Gasteiger partial charge in [-0.25, -0.2) is 0 Å². The fraction of sp³-hybridized carbons (Fsp3) is 0.263. The lowest BCUT2D eigenvalue weighted by atomic mass is 9.98. The van der Waals surface area contributed by atoms with Crippen LogP contribution in [0.1, 0.15) is 29.3 Å². The minimum absolute atomic E-state index is 0.0263. The number of phenols is 2. The Labute approximate surface area is 169 Å². The first-order valence-electron chi connectivity index (χ1n) is 8.31. The van der Waals surface area contributed by atoms with Gasteiger partial charge in [-0.2, -0.15) is 8.78 Å². The molecule has 2 N–H and O–H groups in total. The van der Waals surface area contributed by atoms with Crippen molar-refractivity contribution in [1.82, 2.24) is 9.88 Å². The van der Waals surface area contributed by atoms with Crippen molar-refractivity contribution in [1.29, 1.82) is 0 Å². The normalized spacial score (nSPS) is 14.4. The summed E-state index contributed by atoms with van der Waals surface area (Å²) in [5.74, 6) is -4.34. The summed E-state index contributed by atoms with van der Waals surface area (Å²) in [6.07, 6.45) is 4.41. The lowest BCUT2D eigenvalue weighted by molar-refractivity contribution is -0.126. The Morgan fingerprint density at radius 3 is 2.43 bits per heavy atom. The summed E-state index contributed by atoms with van der Waals surface area (Å²) >= 11 is 12.1. The van der Waals surface area contributed by atoms with Crippen molar-refractivity contribution in [2.45, 2.75) is 25.8 Å². The van der Waals surface area contributed by atoms with E-state index in [0.29, 0.717) is 29.7 Å². The first-order valence-corrected chi connectivity index (χ1v) is 9.07. The Hall–Kier alpha value is -2.38. The van der Waals surface area contributed by atoms with Gasteiger partial charge >= 0.3 is 0 Å². The van der Waals surface area contributed by atoms with E-state index in [2.05, 4.69) is 4.98 Å². The second kappa shape index (κ2) is 7.56. The third-order valence-electron chi connectivity index (χ3n) is 4.48.